The van der Waals surface area contributed by atoms with E-state index in [1.54, 1.807) is 11.0 Å². The second-order valence-corrected chi connectivity index (χ2v) is 5.50. The molecule has 0 bridgehead atoms. The van der Waals surface area contributed by atoms with Crippen molar-refractivity contribution in [1.29, 1.82) is 0 Å². The lowest BCUT2D eigenvalue weighted by Crippen LogP contribution is -2.27. The Balaban J connectivity index is 2.33. The van der Waals surface area contributed by atoms with Gasteiger partial charge >= 0.3 is 5.97 Å². The number of amides is 1. The van der Waals surface area contributed by atoms with E-state index >= 15 is 0 Å². The molecule has 6 heteroatoms. The van der Waals surface area contributed by atoms with Crippen LogP contribution >= 0.6 is 15.9 Å². The lowest BCUT2D eigenvalue weighted by atomic mass is 10.1. The minimum atomic E-state index is -0.420. The number of esters is 1. The van der Waals surface area contributed by atoms with Crippen molar-refractivity contribution in [2.45, 2.75) is 13.3 Å². The number of methoxy groups -OCH3 is 1. The Morgan fingerprint density at radius 2 is 2.21 bits per heavy atom. The Morgan fingerprint density at radius 1 is 1.53 bits per heavy atom. The molecule has 2 N–H and O–H groups in total. The molecule has 0 radical (unpaired) electrons. The van der Waals surface area contributed by atoms with E-state index in [1.807, 2.05) is 13.0 Å². The van der Waals surface area contributed by atoms with Crippen molar-refractivity contribution in [3.05, 3.63) is 22.2 Å². The van der Waals surface area contributed by atoms with Crippen LogP contribution in [0.2, 0.25) is 0 Å². The van der Waals surface area contributed by atoms with Gasteiger partial charge in [-0.05, 0) is 24.6 Å². The standard InChI is InChI=1S/C13H15BrN2O3/c1-7-3-9(14)5-10(12(7)15)16-6-8(4-11(16)17)13(18)19-2/h3,5,8H,4,6,15H2,1-2H3. The average Bonchev–Trinajstić information content (AvgIpc) is 2.75. The first kappa shape index (κ1) is 13.9. The van der Waals surface area contributed by atoms with Crippen molar-refractivity contribution < 1.29 is 14.3 Å². The number of nitrogens with zero attached hydrogens (tertiary/aromatic N) is 1. The maximum Gasteiger partial charge on any atom is 0.311 e. The van der Waals surface area contributed by atoms with Crippen LogP contribution in [0.15, 0.2) is 16.6 Å². The molecule has 1 unspecified atom stereocenters. The number of ether oxygens (including phenoxy) is 1. The zero-order valence-electron chi connectivity index (χ0n) is 10.8. The van der Waals surface area contributed by atoms with E-state index < -0.39 is 5.92 Å². The quantitative estimate of drug-likeness (QED) is 0.665. The summed E-state index contributed by atoms with van der Waals surface area (Å²) in [5, 5.41) is 0. The van der Waals surface area contributed by atoms with Crippen molar-refractivity contribution in [3.8, 4) is 0 Å². The van der Waals surface area contributed by atoms with Crippen molar-refractivity contribution >= 4 is 39.2 Å². The molecule has 1 aromatic carbocycles. The summed E-state index contributed by atoms with van der Waals surface area (Å²) in [5.74, 6) is -0.892. The molecule has 2 rings (SSSR count). The van der Waals surface area contributed by atoms with E-state index in [2.05, 4.69) is 20.7 Å². The van der Waals surface area contributed by atoms with Gasteiger partial charge in [-0.1, -0.05) is 15.9 Å². The van der Waals surface area contributed by atoms with Gasteiger partial charge in [0, 0.05) is 17.4 Å². The number of halogens is 1. The normalized spacial score (nSPS) is 18.8. The molecule has 0 spiro atoms. The van der Waals surface area contributed by atoms with Gasteiger partial charge in [-0.3, -0.25) is 9.59 Å². The van der Waals surface area contributed by atoms with Crippen LogP contribution in [0.1, 0.15) is 12.0 Å². The molecule has 19 heavy (non-hydrogen) atoms. The highest BCUT2D eigenvalue weighted by Crippen LogP contribution is 2.34. The topological polar surface area (TPSA) is 72.6 Å². The summed E-state index contributed by atoms with van der Waals surface area (Å²) >= 11 is 3.39. The third-order valence-corrected chi connectivity index (χ3v) is 3.74. The van der Waals surface area contributed by atoms with Crippen molar-refractivity contribution in [1.82, 2.24) is 0 Å². The van der Waals surface area contributed by atoms with Crippen LogP contribution in [0.4, 0.5) is 11.4 Å². The first-order valence-corrected chi connectivity index (χ1v) is 6.67. The highest BCUT2D eigenvalue weighted by molar-refractivity contribution is 9.10. The lowest BCUT2D eigenvalue weighted by Gasteiger charge is -2.20. The molecule has 1 fully saturated rings. The molecule has 1 heterocycles. The zero-order chi connectivity index (χ0) is 14.2. The molecule has 0 aliphatic carbocycles. The molecule has 5 nitrogen and oxygen atoms in total. The third-order valence-electron chi connectivity index (χ3n) is 3.28. The molecule has 0 aromatic heterocycles. The van der Waals surface area contributed by atoms with Gasteiger partial charge in [-0.15, -0.1) is 0 Å². The third kappa shape index (κ3) is 2.58. The average molecular weight is 327 g/mol. The van der Waals surface area contributed by atoms with Crippen molar-refractivity contribution in [3.63, 3.8) is 0 Å². The molecule has 1 aromatic rings. The van der Waals surface area contributed by atoms with Gasteiger partial charge in [0.25, 0.3) is 0 Å². The van der Waals surface area contributed by atoms with Crippen LogP contribution in [0, 0.1) is 12.8 Å². The van der Waals surface area contributed by atoms with Crippen LogP contribution in [0.5, 0.6) is 0 Å². The number of nitrogens with two attached hydrogens (primary N) is 1. The monoisotopic (exact) mass is 326 g/mol. The van der Waals surface area contributed by atoms with Crippen LogP contribution in [0.3, 0.4) is 0 Å². The van der Waals surface area contributed by atoms with Gasteiger partial charge in [0.15, 0.2) is 0 Å². The number of benzene rings is 1. The van der Waals surface area contributed by atoms with Gasteiger partial charge < -0.3 is 15.4 Å². The van der Waals surface area contributed by atoms with E-state index in [4.69, 9.17) is 5.73 Å². The Morgan fingerprint density at radius 3 is 2.84 bits per heavy atom. The number of aryl methyl sites for hydroxylation is 1. The summed E-state index contributed by atoms with van der Waals surface area (Å²) in [6, 6.07) is 3.68. The van der Waals surface area contributed by atoms with Crippen molar-refractivity contribution in [2.24, 2.45) is 5.92 Å². The van der Waals surface area contributed by atoms with E-state index in [0.29, 0.717) is 17.9 Å². The molecule has 1 amide bonds. The SMILES string of the molecule is COC(=O)C1CC(=O)N(c2cc(Br)cc(C)c2N)C1. The van der Waals surface area contributed by atoms with Crippen LogP contribution in [-0.4, -0.2) is 25.5 Å². The minimum Gasteiger partial charge on any atom is -0.469 e. The fraction of sp³-hybridized carbons (Fsp3) is 0.385. The number of hydrogen-bond donors (Lipinski definition) is 1. The van der Waals surface area contributed by atoms with Gasteiger partial charge in [-0.25, -0.2) is 0 Å². The van der Waals surface area contributed by atoms with E-state index in [0.717, 1.165) is 10.0 Å². The van der Waals surface area contributed by atoms with Crippen LogP contribution in [0.25, 0.3) is 0 Å². The number of nitrogen functional groups attached to an aromatic ring is 1. The summed E-state index contributed by atoms with van der Waals surface area (Å²) in [4.78, 5) is 25.1. The number of carbonyl (C=O) groups excluding carboxylic acids is 2. The summed E-state index contributed by atoms with van der Waals surface area (Å²) in [5.41, 5.74) is 8.10. The summed E-state index contributed by atoms with van der Waals surface area (Å²) in [7, 11) is 1.33. The largest absolute Gasteiger partial charge is 0.469 e. The van der Waals surface area contributed by atoms with Gasteiger partial charge in [0.05, 0.1) is 24.4 Å². The second kappa shape index (κ2) is 5.21. The number of anilines is 2. The smallest absolute Gasteiger partial charge is 0.311 e. The molecule has 1 aliphatic heterocycles. The summed E-state index contributed by atoms with van der Waals surface area (Å²) in [6.07, 6.45) is 0.164. The maximum atomic E-state index is 12.0. The molecule has 1 aliphatic rings. The van der Waals surface area contributed by atoms with Gasteiger partial charge in [0.2, 0.25) is 5.91 Å². The van der Waals surface area contributed by atoms with E-state index in [1.165, 1.54) is 7.11 Å². The molecule has 1 atom stereocenters. The fourth-order valence-electron chi connectivity index (χ4n) is 2.22. The Labute approximate surface area is 119 Å². The molecule has 1 saturated heterocycles. The van der Waals surface area contributed by atoms with Gasteiger partial charge in [0.1, 0.15) is 0 Å². The first-order valence-electron chi connectivity index (χ1n) is 5.88. The molecule has 102 valence electrons. The molecule has 0 saturated carbocycles. The van der Waals surface area contributed by atoms with Crippen molar-refractivity contribution in [2.75, 3.05) is 24.3 Å². The Bertz CT molecular complexity index is 545. The summed E-state index contributed by atoms with van der Waals surface area (Å²) < 4.78 is 5.54. The van der Waals surface area contributed by atoms with Crippen LogP contribution in [-0.2, 0) is 14.3 Å². The predicted octanol–water partition coefficient (Wildman–Crippen LogP) is 1.87. The fourth-order valence-corrected chi connectivity index (χ4v) is 2.79. The molecular weight excluding hydrogens is 312 g/mol. The number of rotatable bonds is 2. The Kier molecular flexibility index (Phi) is 3.80. The number of carbonyl (C=O) groups is 2. The maximum absolute atomic E-state index is 12.0. The zero-order valence-corrected chi connectivity index (χ0v) is 12.4. The van der Waals surface area contributed by atoms with E-state index in [9.17, 15) is 9.59 Å². The van der Waals surface area contributed by atoms with E-state index in [-0.39, 0.29) is 18.3 Å². The minimum absolute atomic E-state index is 0.111. The number of hydrogen-bond acceptors (Lipinski definition) is 4. The Hall–Kier alpha value is -1.56. The van der Waals surface area contributed by atoms with Crippen LogP contribution < -0.4 is 10.6 Å². The predicted molar refractivity (Wildman–Crippen MR) is 75.8 cm³/mol. The highest BCUT2D eigenvalue weighted by Gasteiger charge is 2.36. The first-order chi connectivity index (χ1) is 8.93. The summed E-state index contributed by atoms with van der Waals surface area (Å²) in [6.45, 7) is 2.19. The molecular formula is C13H15BrN2O3. The lowest BCUT2D eigenvalue weighted by molar-refractivity contribution is -0.145. The second-order valence-electron chi connectivity index (χ2n) is 4.58. The highest BCUT2D eigenvalue weighted by atomic mass is 79.9. The van der Waals surface area contributed by atoms with Gasteiger partial charge in [-0.2, -0.15) is 0 Å².